The van der Waals surface area contributed by atoms with Gasteiger partial charge in [-0.05, 0) is 48.5 Å². The van der Waals surface area contributed by atoms with Crippen LogP contribution in [0.1, 0.15) is 22.3 Å². The summed E-state index contributed by atoms with van der Waals surface area (Å²) in [7, 11) is -2.51. The van der Waals surface area contributed by atoms with Gasteiger partial charge in [-0.3, -0.25) is 0 Å². The van der Waals surface area contributed by atoms with Crippen molar-refractivity contribution in [1.82, 2.24) is 0 Å². The van der Waals surface area contributed by atoms with Gasteiger partial charge in [-0.15, -0.1) is 0 Å². The Labute approximate surface area is 184 Å². The molecule has 0 radical (unpaired) electrons. The van der Waals surface area contributed by atoms with E-state index in [9.17, 15) is 0 Å². The van der Waals surface area contributed by atoms with Gasteiger partial charge in [-0.1, -0.05) is 97.6 Å². The summed E-state index contributed by atoms with van der Waals surface area (Å²) in [5.41, 5.74) is 4.13. The average Bonchev–Trinajstić information content (AvgIpc) is 2.71. The zero-order valence-corrected chi connectivity index (χ0v) is 20.9. The molecular formula is C28H30Si2. The van der Waals surface area contributed by atoms with E-state index in [0.29, 0.717) is 0 Å². The molecule has 2 heteroatoms. The molecular weight excluding hydrogens is 392 g/mol. The van der Waals surface area contributed by atoms with Gasteiger partial charge in [-0.2, -0.15) is 0 Å². The molecule has 3 aromatic carbocycles. The predicted molar refractivity (Wildman–Crippen MR) is 137 cm³/mol. The van der Waals surface area contributed by atoms with Crippen LogP contribution < -0.4 is 10.4 Å². The summed E-state index contributed by atoms with van der Waals surface area (Å²) in [5, 5.41) is 2.93. The highest BCUT2D eigenvalue weighted by Gasteiger charge is 2.16. The van der Waals surface area contributed by atoms with Crippen molar-refractivity contribution in [2.75, 3.05) is 0 Å². The molecule has 0 aromatic heterocycles. The fourth-order valence-corrected chi connectivity index (χ4v) is 5.37. The summed E-state index contributed by atoms with van der Waals surface area (Å²) in [6.45, 7) is 14.2. The molecule has 0 saturated carbocycles. The van der Waals surface area contributed by atoms with Crippen LogP contribution in [0.4, 0.5) is 0 Å². The molecule has 0 atom stereocenters. The molecule has 0 bridgehead atoms. The fourth-order valence-electron chi connectivity index (χ4n) is 3.03. The third-order valence-electron chi connectivity index (χ3n) is 5.09. The first-order valence-corrected chi connectivity index (χ1v) is 17.5. The Hall–Kier alpha value is -2.79. The minimum Gasteiger partial charge on any atom is -0.0656 e. The summed E-state index contributed by atoms with van der Waals surface area (Å²) >= 11 is 0. The van der Waals surface area contributed by atoms with E-state index in [1.54, 1.807) is 0 Å². The molecule has 0 aliphatic rings. The molecule has 0 unspecified atom stereocenters. The Morgan fingerprint density at radius 3 is 0.767 bits per heavy atom. The van der Waals surface area contributed by atoms with E-state index in [1.807, 2.05) is 24.3 Å². The van der Waals surface area contributed by atoms with Crippen molar-refractivity contribution >= 4 is 26.5 Å². The van der Waals surface area contributed by atoms with Crippen molar-refractivity contribution < 1.29 is 0 Å². The van der Waals surface area contributed by atoms with E-state index in [1.165, 1.54) is 10.4 Å². The fraction of sp³-hybridized carbons (Fsp3) is 0.214. The van der Waals surface area contributed by atoms with E-state index in [-0.39, 0.29) is 0 Å². The average molecular weight is 423 g/mol. The van der Waals surface area contributed by atoms with Crippen LogP contribution in [-0.4, -0.2) is 16.1 Å². The topological polar surface area (TPSA) is 0 Å². The molecule has 0 fully saturated rings. The zero-order valence-electron chi connectivity index (χ0n) is 18.9. The lowest BCUT2D eigenvalue weighted by Gasteiger charge is -2.15. The normalized spacial score (nSPS) is 11.1. The minimum atomic E-state index is -1.25. The van der Waals surface area contributed by atoms with Crippen LogP contribution in [0, 0.1) is 23.7 Å². The van der Waals surface area contributed by atoms with Crippen LogP contribution in [0.3, 0.4) is 0 Å². The van der Waals surface area contributed by atoms with Crippen LogP contribution in [0.5, 0.6) is 0 Å². The van der Waals surface area contributed by atoms with E-state index >= 15 is 0 Å². The summed E-state index contributed by atoms with van der Waals surface area (Å²) in [6.07, 6.45) is 0. The maximum Gasteiger partial charge on any atom is 0.0775 e. The van der Waals surface area contributed by atoms with Crippen molar-refractivity contribution in [3.63, 3.8) is 0 Å². The second kappa shape index (κ2) is 8.92. The van der Waals surface area contributed by atoms with E-state index in [2.05, 4.69) is 111 Å². The molecule has 30 heavy (non-hydrogen) atoms. The summed E-state index contributed by atoms with van der Waals surface area (Å²) in [4.78, 5) is 0. The van der Waals surface area contributed by atoms with Gasteiger partial charge in [0, 0.05) is 22.3 Å². The largest absolute Gasteiger partial charge is 0.0775 e. The highest BCUT2D eigenvalue weighted by Crippen LogP contribution is 2.07. The third kappa shape index (κ3) is 6.10. The lowest BCUT2D eigenvalue weighted by atomic mass is 10.1. The van der Waals surface area contributed by atoms with Gasteiger partial charge in [0.15, 0.2) is 0 Å². The molecule has 0 saturated heterocycles. The monoisotopic (exact) mass is 422 g/mol. The number of rotatable bonds is 2. The molecule has 0 nitrogen and oxygen atoms in total. The highest BCUT2D eigenvalue weighted by molar-refractivity contribution is 6.89. The zero-order chi connectivity index (χ0) is 21.8. The second-order valence-electron chi connectivity index (χ2n) is 9.73. The Morgan fingerprint density at radius 1 is 0.367 bits per heavy atom. The maximum atomic E-state index is 3.27. The summed E-state index contributed by atoms with van der Waals surface area (Å²) in [5.74, 6) is 13.0. The SMILES string of the molecule is C[Si](C)(C)c1ccc(C#Cc2ccc(C#Cc3ccc([Si](C)(C)C)cc3)cc2)cc1. The quantitative estimate of drug-likeness (QED) is 0.374. The van der Waals surface area contributed by atoms with Gasteiger partial charge < -0.3 is 0 Å². The van der Waals surface area contributed by atoms with Crippen LogP contribution >= 0.6 is 0 Å². The van der Waals surface area contributed by atoms with Gasteiger partial charge in [0.1, 0.15) is 0 Å². The first kappa shape index (κ1) is 21.9. The number of hydrogen-bond acceptors (Lipinski definition) is 0. The first-order chi connectivity index (χ1) is 14.1. The van der Waals surface area contributed by atoms with Crippen molar-refractivity contribution in [2.45, 2.75) is 39.3 Å². The van der Waals surface area contributed by atoms with Crippen LogP contribution in [0.15, 0.2) is 72.8 Å². The van der Waals surface area contributed by atoms with Crippen LogP contribution in [0.25, 0.3) is 0 Å². The Bertz CT molecular complexity index is 1020. The molecule has 3 aromatic rings. The van der Waals surface area contributed by atoms with Crippen molar-refractivity contribution in [1.29, 1.82) is 0 Å². The van der Waals surface area contributed by atoms with E-state index in [4.69, 9.17) is 0 Å². The Morgan fingerprint density at radius 2 is 0.567 bits per heavy atom. The van der Waals surface area contributed by atoms with Gasteiger partial charge in [0.25, 0.3) is 0 Å². The van der Waals surface area contributed by atoms with Crippen molar-refractivity contribution in [3.8, 4) is 23.7 Å². The van der Waals surface area contributed by atoms with E-state index < -0.39 is 16.1 Å². The lowest BCUT2D eigenvalue weighted by molar-refractivity contribution is 1.59. The van der Waals surface area contributed by atoms with Crippen LogP contribution in [0.2, 0.25) is 39.3 Å². The maximum absolute atomic E-state index is 3.27. The van der Waals surface area contributed by atoms with Gasteiger partial charge in [0.05, 0.1) is 16.1 Å². The first-order valence-electron chi connectivity index (χ1n) is 10.5. The molecule has 0 N–H and O–H groups in total. The van der Waals surface area contributed by atoms with E-state index in [0.717, 1.165) is 22.3 Å². The molecule has 150 valence electrons. The standard InChI is InChI=1S/C28H30Si2/c1-29(2,3)27-19-15-25(16-20-27)13-11-23-7-9-24(10-8-23)12-14-26-17-21-28(22-18-26)30(4,5)6/h7-10,15-22H,1-6H3. The molecule has 3 rings (SSSR count). The molecule has 0 aliphatic carbocycles. The molecule has 0 heterocycles. The second-order valence-corrected chi connectivity index (χ2v) is 19.9. The summed E-state index contributed by atoms with van der Waals surface area (Å²) < 4.78 is 0. The predicted octanol–water partition coefficient (Wildman–Crippen LogP) is 5.58. The smallest absolute Gasteiger partial charge is 0.0656 e. The number of benzene rings is 3. The summed E-state index contributed by atoms with van der Waals surface area (Å²) in [6, 6.07) is 25.6. The van der Waals surface area contributed by atoms with Gasteiger partial charge >= 0.3 is 0 Å². The van der Waals surface area contributed by atoms with Crippen LogP contribution in [-0.2, 0) is 0 Å². The van der Waals surface area contributed by atoms with Crippen molar-refractivity contribution in [2.24, 2.45) is 0 Å². The van der Waals surface area contributed by atoms with Gasteiger partial charge in [-0.25, -0.2) is 0 Å². The number of hydrogen-bond donors (Lipinski definition) is 0. The lowest BCUT2D eigenvalue weighted by Crippen LogP contribution is -2.37. The third-order valence-corrected chi connectivity index (χ3v) is 9.22. The minimum absolute atomic E-state index is 1.01. The van der Waals surface area contributed by atoms with Crippen molar-refractivity contribution in [3.05, 3.63) is 95.1 Å². The van der Waals surface area contributed by atoms with Gasteiger partial charge in [0.2, 0.25) is 0 Å². The Balaban J connectivity index is 1.68. The Kier molecular flexibility index (Phi) is 6.52. The molecule has 0 spiro atoms. The highest BCUT2D eigenvalue weighted by atomic mass is 28.3. The molecule has 0 amide bonds. The molecule has 0 aliphatic heterocycles.